The van der Waals surface area contributed by atoms with Crippen molar-refractivity contribution in [3.63, 3.8) is 0 Å². The molecule has 6 rings (SSSR count). The van der Waals surface area contributed by atoms with Crippen LogP contribution in [0.1, 0.15) is 37.7 Å². The minimum Gasteiger partial charge on any atom is -0.382 e. The number of nitrogens with two attached hydrogens (primary N) is 2. The van der Waals surface area contributed by atoms with Crippen LogP contribution in [0.4, 0.5) is 27.4 Å². The van der Waals surface area contributed by atoms with Crippen molar-refractivity contribution in [2.45, 2.75) is 30.1 Å². The minimum absolute atomic E-state index is 0.170. The Balaban J connectivity index is 1.05. The van der Waals surface area contributed by atoms with Crippen molar-refractivity contribution >= 4 is 69.7 Å². The molecule has 1 unspecified atom stereocenters. The number of nitrogens with zero attached hydrogens (tertiary/aromatic N) is 4. The Bertz CT molecular complexity index is 3210. The Morgan fingerprint density at radius 1 is 0.632 bits per heavy atom. The predicted octanol–water partition coefficient (Wildman–Crippen LogP) is 7.07. The van der Waals surface area contributed by atoms with Gasteiger partial charge in [0, 0.05) is 43.8 Å². The highest BCUT2D eigenvalue weighted by molar-refractivity contribution is 7.98. The zero-order valence-electron chi connectivity index (χ0n) is 37.0. The molecule has 0 bridgehead atoms. The van der Waals surface area contributed by atoms with Gasteiger partial charge in [0.05, 0.1) is 40.2 Å². The van der Waals surface area contributed by atoms with E-state index >= 15 is 0 Å². The van der Waals surface area contributed by atoms with Crippen molar-refractivity contribution in [1.29, 1.82) is 0 Å². The minimum atomic E-state index is -4.25. The van der Waals surface area contributed by atoms with Gasteiger partial charge in [0.1, 0.15) is 5.82 Å². The second-order valence-corrected chi connectivity index (χ2v) is 24.1. The summed E-state index contributed by atoms with van der Waals surface area (Å²) >= 11 is 0. The van der Waals surface area contributed by atoms with Gasteiger partial charge in [0.25, 0.3) is 11.8 Å². The summed E-state index contributed by atoms with van der Waals surface area (Å²) in [6, 6.07) is 19.5. The number of nitrogen functional groups attached to an aromatic ring is 2. The number of hydrogen-bond acceptors (Lipinski definition) is 18. The van der Waals surface area contributed by atoms with E-state index in [1.54, 1.807) is 38.1 Å². The molecule has 20 nitrogen and oxygen atoms in total. The van der Waals surface area contributed by atoms with E-state index in [1.807, 2.05) is 0 Å². The SMILES string of the molecule is COP(=O)(CS(=O)(=O)c1ccc(NC(=O)c2nc(-c3ccc(CCOP(=O)(CS(=O)(=O)c4ccc(NC(=O)c5nc(-c6cc(F)ccc6C)cnc5N)cc4)OC)cc3C)cnc2N)cc1)OC. The summed E-state index contributed by atoms with van der Waals surface area (Å²) in [6.07, 6.45) is 2.90. The van der Waals surface area contributed by atoms with Crippen LogP contribution in [0, 0.1) is 19.7 Å². The molecule has 2 aromatic heterocycles. The molecule has 0 aliphatic heterocycles. The lowest BCUT2D eigenvalue weighted by molar-refractivity contribution is 0.101. The van der Waals surface area contributed by atoms with Gasteiger partial charge >= 0.3 is 15.2 Å². The Hall–Kier alpha value is -6.29. The van der Waals surface area contributed by atoms with Crippen molar-refractivity contribution in [1.82, 2.24) is 19.9 Å². The van der Waals surface area contributed by atoms with Crippen molar-refractivity contribution in [3.05, 3.63) is 131 Å². The third-order valence-corrected chi connectivity index (χ3v) is 19.7. The van der Waals surface area contributed by atoms with Gasteiger partial charge in [0.15, 0.2) is 53.7 Å². The number of nitrogens with one attached hydrogen (secondary N) is 2. The lowest BCUT2D eigenvalue weighted by Gasteiger charge is -2.17. The number of carbonyl (C=O) groups is 2. The van der Waals surface area contributed by atoms with Crippen LogP contribution in [-0.4, -0.2) is 87.5 Å². The summed E-state index contributed by atoms with van der Waals surface area (Å²) < 4.78 is 112. The molecule has 0 aliphatic rings. The van der Waals surface area contributed by atoms with Crippen LogP contribution in [-0.2, 0) is 53.3 Å². The standard InChI is InChI=1S/C43H45FN8O12P2S2/c1-26-6-8-29(44)21-35(26)37-23-48-41(46)39(52-37)43(54)50-31-11-15-33(16-12-31)68(59,60)25-66(56,63-5)64-19-18-28-7-17-34(27(2)20-28)36-22-47-40(45)38(51-36)42(53)49-30-9-13-32(14-10-30)67(57,58)24-65(55,61-3)62-4/h6-17,20-23H,18-19,24-25H2,1-5H3,(H2,45,47)(H2,46,48)(H,49,53)(H,50,54). The number of benzene rings is 4. The topological polar surface area (TPSA) is 301 Å². The molecule has 4 aromatic carbocycles. The molecule has 6 aromatic rings. The fourth-order valence-electron chi connectivity index (χ4n) is 6.49. The average Bonchev–Trinajstić information content (AvgIpc) is 3.30. The number of aryl methyl sites for hydroxylation is 2. The number of anilines is 4. The number of sulfone groups is 2. The largest absolute Gasteiger partial charge is 0.382 e. The second-order valence-electron chi connectivity index (χ2n) is 14.9. The normalized spacial score (nSPS) is 12.9. The highest BCUT2D eigenvalue weighted by Gasteiger charge is 2.33. The smallest absolute Gasteiger partial charge is 0.345 e. The first-order chi connectivity index (χ1) is 32.1. The van der Waals surface area contributed by atoms with E-state index in [0.717, 1.165) is 26.9 Å². The Morgan fingerprint density at radius 3 is 1.57 bits per heavy atom. The van der Waals surface area contributed by atoms with Gasteiger partial charge in [-0.15, -0.1) is 0 Å². The molecule has 0 saturated carbocycles. The number of carbonyl (C=O) groups excluding carboxylic acids is 2. The number of halogens is 1. The fraction of sp³-hybridized carbons (Fsp3) is 0.209. The molecule has 0 spiro atoms. The van der Waals surface area contributed by atoms with Gasteiger partial charge < -0.3 is 40.2 Å². The Morgan fingerprint density at radius 2 is 1.10 bits per heavy atom. The molecule has 358 valence electrons. The molecule has 68 heavy (non-hydrogen) atoms. The molecule has 1 atom stereocenters. The van der Waals surface area contributed by atoms with E-state index in [-0.39, 0.29) is 62.9 Å². The lowest BCUT2D eigenvalue weighted by atomic mass is 10.0. The van der Waals surface area contributed by atoms with Crippen LogP contribution in [0.25, 0.3) is 22.5 Å². The predicted molar refractivity (Wildman–Crippen MR) is 252 cm³/mol. The van der Waals surface area contributed by atoms with E-state index in [2.05, 4.69) is 30.6 Å². The van der Waals surface area contributed by atoms with Crippen molar-refractivity contribution in [2.24, 2.45) is 0 Å². The maximum atomic E-state index is 13.9. The van der Waals surface area contributed by atoms with Crippen LogP contribution in [0.2, 0.25) is 0 Å². The number of rotatable bonds is 19. The van der Waals surface area contributed by atoms with Gasteiger partial charge in [-0.25, -0.2) is 41.2 Å². The van der Waals surface area contributed by atoms with Crippen LogP contribution >= 0.6 is 15.2 Å². The molecule has 6 N–H and O–H groups in total. The fourth-order valence-corrected chi connectivity index (χ4v) is 14.3. The highest BCUT2D eigenvalue weighted by atomic mass is 32.2. The van der Waals surface area contributed by atoms with Gasteiger partial charge in [-0.2, -0.15) is 0 Å². The highest BCUT2D eigenvalue weighted by Crippen LogP contribution is 2.50. The van der Waals surface area contributed by atoms with Gasteiger partial charge in [-0.3, -0.25) is 18.7 Å². The quantitative estimate of drug-likeness (QED) is 0.0589. The zero-order chi connectivity index (χ0) is 49.6. The summed E-state index contributed by atoms with van der Waals surface area (Å²) in [6.45, 7) is 3.35. The Kier molecular flexibility index (Phi) is 15.7. The summed E-state index contributed by atoms with van der Waals surface area (Å²) in [7, 11) is -13.2. The van der Waals surface area contributed by atoms with Crippen LogP contribution in [0.5, 0.6) is 0 Å². The van der Waals surface area contributed by atoms with Crippen LogP contribution in [0.3, 0.4) is 0 Å². The number of hydrogen-bond donors (Lipinski definition) is 4. The molecular formula is C43H45FN8O12P2S2. The van der Waals surface area contributed by atoms with E-state index in [0.29, 0.717) is 27.9 Å². The summed E-state index contributed by atoms with van der Waals surface area (Å²) in [5, 5.41) is 5.19. The first kappa shape index (κ1) is 51.1. The number of aromatic nitrogens is 4. The van der Waals surface area contributed by atoms with E-state index in [1.165, 1.54) is 73.1 Å². The maximum Gasteiger partial charge on any atom is 0.345 e. The van der Waals surface area contributed by atoms with Gasteiger partial charge in [-0.1, -0.05) is 24.3 Å². The van der Waals surface area contributed by atoms with Crippen molar-refractivity contribution in [3.8, 4) is 22.5 Å². The van der Waals surface area contributed by atoms with Gasteiger partial charge in [0.2, 0.25) is 0 Å². The molecule has 2 heterocycles. The summed E-state index contributed by atoms with van der Waals surface area (Å²) in [5.74, 6) is -2.33. The number of amides is 2. The molecule has 0 radical (unpaired) electrons. The monoisotopic (exact) mass is 1010 g/mol. The molecule has 0 aliphatic carbocycles. The van der Waals surface area contributed by atoms with Crippen molar-refractivity contribution < 1.29 is 58.0 Å². The first-order valence-corrected chi connectivity index (χ1v) is 26.7. The molecular weight excluding hydrogens is 966 g/mol. The third kappa shape index (κ3) is 12.2. The van der Waals surface area contributed by atoms with Crippen molar-refractivity contribution in [2.75, 3.05) is 61.0 Å². The van der Waals surface area contributed by atoms with Crippen LogP contribution in [0.15, 0.2) is 107 Å². The molecule has 2 amide bonds. The second kappa shape index (κ2) is 20.9. The first-order valence-electron chi connectivity index (χ1n) is 20.0. The maximum absolute atomic E-state index is 13.9. The summed E-state index contributed by atoms with van der Waals surface area (Å²) in [5.41, 5.74) is 13.7. The summed E-state index contributed by atoms with van der Waals surface area (Å²) in [4.78, 5) is 42.9. The zero-order valence-corrected chi connectivity index (χ0v) is 40.4. The lowest BCUT2D eigenvalue weighted by Crippen LogP contribution is -2.17. The molecule has 0 saturated heterocycles. The van der Waals surface area contributed by atoms with E-state index in [4.69, 9.17) is 29.6 Å². The van der Waals surface area contributed by atoms with Gasteiger partial charge in [-0.05, 0) is 97.6 Å². The molecule has 25 heteroatoms. The Labute approximate surface area is 391 Å². The van der Waals surface area contributed by atoms with E-state index in [9.17, 15) is 39.9 Å². The third-order valence-electron chi connectivity index (χ3n) is 10.2. The molecule has 0 fully saturated rings. The average molecular weight is 1010 g/mol. The van der Waals surface area contributed by atoms with Crippen LogP contribution < -0.4 is 22.1 Å². The van der Waals surface area contributed by atoms with E-state index < -0.39 is 63.5 Å².